The molecule has 3 rings (SSSR count). The molecule has 1 N–H and O–H groups in total. The maximum absolute atomic E-state index is 14.0. The van der Waals surface area contributed by atoms with Crippen LogP contribution < -0.4 is 14.4 Å². The number of hydrogen-bond donors (Lipinski definition) is 1. The van der Waals surface area contributed by atoms with E-state index in [1.165, 1.54) is 28.8 Å². The Morgan fingerprint density at radius 3 is 2.17 bits per heavy atom. The Balaban J connectivity index is 2.02. The second kappa shape index (κ2) is 15.3. The summed E-state index contributed by atoms with van der Waals surface area (Å²) in [7, 11) is -4.14. The van der Waals surface area contributed by atoms with Gasteiger partial charge in [0.25, 0.3) is 10.0 Å². The number of amides is 2. The Kier molecular flexibility index (Phi) is 12.1. The highest BCUT2D eigenvalue weighted by atomic mass is 79.9. The van der Waals surface area contributed by atoms with E-state index < -0.39 is 28.5 Å². The monoisotopic (exact) mass is 661 g/mol. The number of carbonyl (C=O) groups is 2. The molecule has 0 spiro atoms. The lowest BCUT2D eigenvalue weighted by Crippen LogP contribution is -2.51. The number of thioether (sulfide) groups is 1. The van der Waals surface area contributed by atoms with Crippen molar-refractivity contribution >= 4 is 55.2 Å². The topological polar surface area (TPSA) is 96.0 Å². The van der Waals surface area contributed by atoms with Gasteiger partial charge in [-0.2, -0.15) is 0 Å². The fraction of sp³-hybridized carbons (Fsp3) is 0.333. The number of ether oxygens (including phenoxy) is 1. The number of anilines is 1. The van der Waals surface area contributed by atoms with E-state index in [0.717, 1.165) is 25.7 Å². The van der Waals surface area contributed by atoms with E-state index in [-0.39, 0.29) is 17.3 Å². The van der Waals surface area contributed by atoms with Crippen LogP contribution in [-0.2, 0) is 26.2 Å². The number of hydrogen-bond acceptors (Lipinski definition) is 6. The van der Waals surface area contributed by atoms with E-state index in [2.05, 4.69) is 21.2 Å². The van der Waals surface area contributed by atoms with Gasteiger partial charge in [0.05, 0.1) is 17.2 Å². The van der Waals surface area contributed by atoms with Gasteiger partial charge in [-0.05, 0) is 92.8 Å². The normalized spacial score (nSPS) is 11.9. The van der Waals surface area contributed by atoms with Crippen molar-refractivity contribution in [3.05, 3.63) is 82.8 Å². The zero-order chi connectivity index (χ0) is 30.0. The lowest BCUT2D eigenvalue weighted by atomic mass is 10.1. The van der Waals surface area contributed by atoms with E-state index in [4.69, 9.17) is 4.74 Å². The summed E-state index contributed by atoms with van der Waals surface area (Å²) in [6.45, 7) is 6.03. The van der Waals surface area contributed by atoms with Crippen molar-refractivity contribution < 1.29 is 22.7 Å². The molecule has 220 valence electrons. The molecule has 3 aromatic carbocycles. The van der Waals surface area contributed by atoms with Gasteiger partial charge in [-0.15, -0.1) is 11.8 Å². The Hall–Kier alpha value is -3.02. The molecule has 3 aromatic rings. The Morgan fingerprint density at radius 1 is 0.976 bits per heavy atom. The van der Waals surface area contributed by atoms with Crippen LogP contribution in [0.2, 0.25) is 0 Å². The first-order valence-corrected chi connectivity index (χ1v) is 16.8. The minimum absolute atomic E-state index is 0.0604. The summed E-state index contributed by atoms with van der Waals surface area (Å²) in [5, 5.41) is 2.84. The minimum atomic E-state index is -4.14. The van der Waals surface area contributed by atoms with Gasteiger partial charge in [0.2, 0.25) is 11.8 Å². The van der Waals surface area contributed by atoms with Crippen molar-refractivity contribution in [3.63, 3.8) is 0 Å². The average Bonchev–Trinajstić information content (AvgIpc) is 2.98. The number of sulfonamides is 1. The third-order valence-corrected chi connectivity index (χ3v) is 9.41. The maximum Gasteiger partial charge on any atom is 0.264 e. The largest absolute Gasteiger partial charge is 0.494 e. The molecule has 2 amide bonds. The van der Waals surface area contributed by atoms with E-state index in [1.807, 2.05) is 44.4 Å². The molecule has 0 radical (unpaired) electrons. The first-order valence-electron chi connectivity index (χ1n) is 13.3. The summed E-state index contributed by atoms with van der Waals surface area (Å²) in [4.78, 5) is 29.3. The molecule has 0 aliphatic heterocycles. The fourth-order valence-electron chi connectivity index (χ4n) is 4.04. The average molecular weight is 663 g/mol. The van der Waals surface area contributed by atoms with Crippen LogP contribution in [-0.4, -0.2) is 57.1 Å². The van der Waals surface area contributed by atoms with Gasteiger partial charge in [-0.1, -0.05) is 35.0 Å². The van der Waals surface area contributed by atoms with Crippen LogP contribution in [0.4, 0.5) is 5.69 Å². The summed E-state index contributed by atoms with van der Waals surface area (Å²) in [6, 6.07) is 19.7. The molecule has 0 saturated carbocycles. The Labute approximate surface area is 255 Å². The van der Waals surface area contributed by atoms with Gasteiger partial charge in [0, 0.05) is 22.5 Å². The molecule has 41 heavy (non-hydrogen) atoms. The molecule has 1 atom stereocenters. The first kappa shape index (κ1) is 32.5. The summed E-state index contributed by atoms with van der Waals surface area (Å²) >= 11 is 4.92. The predicted octanol–water partition coefficient (Wildman–Crippen LogP) is 5.71. The van der Waals surface area contributed by atoms with Crippen LogP contribution in [0.3, 0.4) is 0 Å². The van der Waals surface area contributed by atoms with Crippen molar-refractivity contribution in [2.45, 2.75) is 49.6 Å². The maximum atomic E-state index is 14.0. The number of rotatable bonds is 14. The van der Waals surface area contributed by atoms with Crippen LogP contribution in [0, 0.1) is 0 Å². The molecule has 11 heteroatoms. The van der Waals surface area contributed by atoms with Gasteiger partial charge in [0.1, 0.15) is 18.3 Å². The van der Waals surface area contributed by atoms with E-state index >= 15 is 0 Å². The number of carbonyl (C=O) groups excluding carboxylic acids is 2. The van der Waals surface area contributed by atoms with Gasteiger partial charge >= 0.3 is 0 Å². The smallest absolute Gasteiger partial charge is 0.264 e. The van der Waals surface area contributed by atoms with Crippen LogP contribution in [0.25, 0.3) is 0 Å². The van der Waals surface area contributed by atoms with Gasteiger partial charge < -0.3 is 15.0 Å². The predicted molar refractivity (Wildman–Crippen MR) is 168 cm³/mol. The van der Waals surface area contributed by atoms with E-state index in [1.54, 1.807) is 43.3 Å². The zero-order valence-corrected chi connectivity index (χ0v) is 26.9. The Bertz CT molecular complexity index is 1400. The molecule has 0 aromatic heterocycles. The molecular weight excluding hydrogens is 626 g/mol. The summed E-state index contributed by atoms with van der Waals surface area (Å²) in [6.07, 6.45) is 2.66. The fourth-order valence-corrected chi connectivity index (χ4v) is 6.13. The lowest BCUT2D eigenvalue weighted by Gasteiger charge is -2.32. The van der Waals surface area contributed by atoms with Crippen LogP contribution in [0.15, 0.2) is 87.1 Å². The summed E-state index contributed by atoms with van der Waals surface area (Å²) in [5.41, 5.74) is 1.11. The van der Waals surface area contributed by atoms with Crippen molar-refractivity contribution in [1.82, 2.24) is 10.2 Å². The third kappa shape index (κ3) is 8.73. The Morgan fingerprint density at radius 2 is 1.61 bits per heavy atom. The lowest BCUT2D eigenvalue weighted by molar-refractivity contribution is -0.139. The molecule has 0 saturated heterocycles. The summed E-state index contributed by atoms with van der Waals surface area (Å²) < 4.78 is 35.4. The van der Waals surface area contributed by atoms with Gasteiger partial charge in [0.15, 0.2) is 0 Å². The second-order valence-corrected chi connectivity index (χ2v) is 12.9. The minimum Gasteiger partial charge on any atom is -0.494 e. The second-order valence-electron chi connectivity index (χ2n) is 9.23. The number of benzene rings is 3. The van der Waals surface area contributed by atoms with Crippen LogP contribution >= 0.6 is 27.7 Å². The van der Waals surface area contributed by atoms with Crippen molar-refractivity contribution in [2.75, 3.05) is 30.3 Å². The highest BCUT2D eigenvalue weighted by Gasteiger charge is 2.32. The highest BCUT2D eigenvalue weighted by molar-refractivity contribution is 9.10. The number of halogens is 1. The van der Waals surface area contributed by atoms with Gasteiger partial charge in [-0.25, -0.2) is 8.42 Å². The number of nitrogens with zero attached hydrogens (tertiary/aromatic N) is 2. The SMILES string of the molecule is CCCNC(=O)[C@H](C)N(Cc1ccc(Br)cc1)C(=O)CN(c1ccc(OCC)cc1)S(=O)(=O)c1ccc(SC)cc1. The van der Waals surface area contributed by atoms with E-state index in [9.17, 15) is 18.0 Å². The summed E-state index contributed by atoms with van der Waals surface area (Å²) in [5.74, 6) is -0.229. The zero-order valence-electron chi connectivity index (χ0n) is 23.7. The first-order chi connectivity index (χ1) is 19.6. The molecule has 0 unspecified atom stereocenters. The van der Waals surface area contributed by atoms with Gasteiger partial charge in [-0.3, -0.25) is 13.9 Å². The highest BCUT2D eigenvalue weighted by Crippen LogP contribution is 2.28. The van der Waals surface area contributed by atoms with Crippen LogP contribution in [0.5, 0.6) is 5.75 Å². The molecule has 8 nitrogen and oxygen atoms in total. The molecular formula is C30H36BrN3O5S2. The van der Waals surface area contributed by atoms with Crippen molar-refractivity contribution in [1.29, 1.82) is 0 Å². The van der Waals surface area contributed by atoms with E-state index in [0.29, 0.717) is 24.6 Å². The number of nitrogens with one attached hydrogen (secondary N) is 1. The third-order valence-electron chi connectivity index (χ3n) is 6.34. The molecule has 0 aliphatic rings. The molecule has 0 heterocycles. The van der Waals surface area contributed by atoms with Crippen molar-refractivity contribution in [2.24, 2.45) is 0 Å². The molecule has 0 fully saturated rings. The standard InChI is InChI=1S/C30H36BrN3O5S2/c1-5-19-32-30(36)22(3)33(20-23-7-9-24(31)10-8-23)29(35)21-34(25-11-13-26(14-12-25)39-6-2)41(37,38)28-17-15-27(40-4)16-18-28/h7-18,22H,5-6,19-21H2,1-4H3,(H,32,36)/t22-/m0/s1. The molecule has 0 bridgehead atoms. The molecule has 0 aliphatic carbocycles. The van der Waals surface area contributed by atoms with Crippen molar-refractivity contribution in [3.8, 4) is 5.75 Å². The van der Waals surface area contributed by atoms with Crippen LogP contribution in [0.1, 0.15) is 32.8 Å². The quantitative estimate of drug-likeness (QED) is 0.223.